The summed E-state index contributed by atoms with van der Waals surface area (Å²) in [5, 5.41) is 6.87. The van der Waals surface area contributed by atoms with Gasteiger partial charge in [0.1, 0.15) is 5.82 Å². The van der Waals surface area contributed by atoms with Crippen molar-refractivity contribution in [2.45, 2.75) is 0 Å². The van der Waals surface area contributed by atoms with Gasteiger partial charge in [-0.2, -0.15) is 5.10 Å². The van der Waals surface area contributed by atoms with Gasteiger partial charge >= 0.3 is 0 Å². The fourth-order valence-electron chi connectivity index (χ4n) is 1.29. The Morgan fingerprint density at radius 3 is 3.00 bits per heavy atom. The number of aryl methyl sites for hydroxylation is 1. The zero-order valence-electron chi connectivity index (χ0n) is 9.01. The smallest absolute Gasteiger partial charge is 0.258 e. The number of nitrogens with two attached hydrogens (primary N) is 1. The Kier molecular flexibility index (Phi) is 2.97. The number of pyridine rings is 1. The summed E-state index contributed by atoms with van der Waals surface area (Å²) < 4.78 is 1.58. The van der Waals surface area contributed by atoms with Crippen molar-refractivity contribution in [3.8, 4) is 0 Å². The number of rotatable bonds is 2. The average Bonchev–Trinajstić information content (AvgIpc) is 2.67. The van der Waals surface area contributed by atoms with E-state index in [0.29, 0.717) is 5.82 Å². The van der Waals surface area contributed by atoms with E-state index in [0.717, 1.165) is 0 Å². The summed E-state index contributed by atoms with van der Waals surface area (Å²) in [5.41, 5.74) is 5.76. The number of nitrogens with one attached hydrogen (secondary N) is 1. The van der Waals surface area contributed by atoms with Gasteiger partial charge in [0.2, 0.25) is 0 Å². The van der Waals surface area contributed by atoms with Crippen LogP contribution in [0.15, 0.2) is 24.5 Å². The van der Waals surface area contributed by atoms with Crippen LogP contribution in [0.5, 0.6) is 0 Å². The normalized spacial score (nSPS) is 10.2. The molecule has 0 saturated carbocycles. The first-order chi connectivity index (χ1) is 8.06. The number of hydrogen-bond donors (Lipinski definition) is 2. The van der Waals surface area contributed by atoms with E-state index in [1.165, 1.54) is 12.3 Å². The molecule has 2 heterocycles. The molecule has 0 radical (unpaired) electrons. The van der Waals surface area contributed by atoms with Crippen molar-refractivity contribution in [2.75, 3.05) is 11.1 Å². The number of carbonyl (C=O) groups is 1. The van der Waals surface area contributed by atoms with Crippen LogP contribution < -0.4 is 11.1 Å². The summed E-state index contributed by atoms with van der Waals surface area (Å²) in [7, 11) is 1.76. The van der Waals surface area contributed by atoms with Gasteiger partial charge in [-0.1, -0.05) is 11.6 Å². The third-order valence-electron chi connectivity index (χ3n) is 2.08. The molecule has 0 aromatic carbocycles. The predicted octanol–water partition coefficient (Wildman–Crippen LogP) is 1.30. The molecule has 2 rings (SSSR count). The second-order valence-electron chi connectivity index (χ2n) is 3.42. The highest BCUT2D eigenvalue weighted by Gasteiger charge is 2.12. The molecule has 2 aromatic heterocycles. The summed E-state index contributed by atoms with van der Waals surface area (Å²) in [6.45, 7) is 0. The number of halogens is 1. The molecule has 17 heavy (non-hydrogen) atoms. The van der Waals surface area contributed by atoms with Crippen LogP contribution in [-0.2, 0) is 7.05 Å². The van der Waals surface area contributed by atoms with Crippen LogP contribution in [0.4, 0.5) is 11.6 Å². The van der Waals surface area contributed by atoms with E-state index in [1.54, 1.807) is 24.0 Å². The van der Waals surface area contributed by atoms with Crippen molar-refractivity contribution < 1.29 is 4.79 Å². The standard InChI is InChI=1S/C10H10ClN5O/c1-16-3-2-9(15-16)14-10(17)6-4-8(12)13-5-7(6)11/h2-5H,1H3,(H2,12,13)(H,14,15,17). The Hall–Kier alpha value is -2.08. The minimum absolute atomic E-state index is 0.237. The van der Waals surface area contributed by atoms with Gasteiger partial charge < -0.3 is 11.1 Å². The van der Waals surface area contributed by atoms with Gasteiger partial charge in [-0.05, 0) is 6.07 Å². The maximum absolute atomic E-state index is 11.9. The van der Waals surface area contributed by atoms with Crippen molar-refractivity contribution >= 4 is 29.1 Å². The van der Waals surface area contributed by atoms with Crippen LogP contribution in [0.3, 0.4) is 0 Å². The molecule has 7 heteroatoms. The number of hydrogen-bond acceptors (Lipinski definition) is 4. The van der Waals surface area contributed by atoms with Crippen molar-refractivity contribution in [1.82, 2.24) is 14.8 Å². The van der Waals surface area contributed by atoms with Gasteiger partial charge in [-0.15, -0.1) is 0 Å². The van der Waals surface area contributed by atoms with Crippen molar-refractivity contribution in [2.24, 2.45) is 7.05 Å². The average molecular weight is 252 g/mol. The predicted molar refractivity (Wildman–Crippen MR) is 64.8 cm³/mol. The van der Waals surface area contributed by atoms with Crippen LogP contribution in [0.2, 0.25) is 5.02 Å². The minimum atomic E-state index is -0.372. The molecule has 0 aliphatic rings. The second-order valence-corrected chi connectivity index (χ2v) is 3.82. The zero-order valence-corrected chi connectivity index (χ0v) is 9.77. The molecule has 0 aliphatic carbocycles. The Balaban J connectivity index is 2.22. The molecule has 0 spiro atoms. The molecule has 3 N–H and O–H groups in total. The third-order valence-corrected chi connectivity index (χ3v) is 2.38. The molecule has 88 valence electrons. The van der Waals surface area contributed by atoms with Gasteiger partial charge in [0.25, 0.3) is 5.91 Å². The van der Waals surface area contributed by atoms with Crippen LogP contribution in [0, 0.1) is 0 Å². The fourth-order valence-corrected chi connectivity index (χ4v) is 1.48. The molecular formula is C10H10ClN5O. The lowest BCUT2D eigenvalue weighted by molar-refractivity contribution is 0.102. The first-order valence-corrected chi connectivity index (χ1v) is 5.16. The van der Waals surface area contributed by atoms with Gasteiger partial charge in [-0.3, -0.25) is 9.48 Å². The van der Waals surface area contributed by atoms with Crippen LogP contribution >= 0.6 is 11.6 Å². The largest absolute Gasteiger partial charge is 0.384 e. The molecule has 6 nitrogen and oxygen atoms in total. The third kappa shape index (κ3) is 2.54. The molecule has 0 atom stereocenters. The SMILES string of the molecule is Cn1ccc(NC(=O)c2cc(N)ncc2Cl)n1. The molecule has 0 unspecified atom stereocenters. The Morgan fingerprint density at radius 2 is 2.35 bits per heavy atom. The number of amides is 1. The van der Waals surface area contributed by atoms with Crippen molar-refractivity contribution in [1.29, 1.82) is 0 Å². The molecule has 1 amide bonds. The number of nitrogen functional groups attached to an aromatic ring is 1. The van der Waals surface area contributed by atoms with Crippen molar-refractivity contribution in [3.05, 3.63) is 35.1 Å². The highest BCUT2D eigenvalue weighted by Crippen LogP contribution is 2.17. The van der Waals surface area contributed by atoms with Crippen molar-refractivity contribution in [3.63, 3.8) is 0 Å². The van der Waals surface area contributed by atoms with E-state index < -0.39 is 0 Å². The number of aromatic nitrogens is 3. The van der Waals surface area contributed by atoms with E-state index in [2.05, 4.69) is 15.4 Å². The lowest BCUT2D eigenvalue weighted by atomic mass is 10.2. The lowest BCUT2D eigenvalue weighted by Crippen LogP contribution is -2.13. The Morgan fingerprint density at radius 1 is 1.59 bits per heavy atom. The monoisotopic (exact) mass is 251 g/mol. The van der Waals surface area contributed by atoms with E-state index in [-0.39, 0.29) is 22.3 Å². The lowest BCUT2D eigenvalue weighted by Gasteiger charge is -2.04. The van der Waals surface area contributed by atoms with E-state index >= 15 is 0 Å². The number of nitrogens with zero attached hydrogens (tertiary/aromatic N) is 3. The molecule has 0 saturated heterocycles. The summed E-state index contributed by atoms with van der Waals surface area (Å²) in [6, 6.07) is 3.09. The molecule has 0 aliphatic heterocycles. The highest BCUT2D eigenvalue weighted by molar-refractivity contribution is 6.34. The maximum Gasteiger partial charge on any atom is 0.258 e. The first-order valence-electron chi connectivity index (χ1n) is 4.78. The maximum atomic E-state index is 11.9. The summed E-state index contributed by atoms with van der Waals surface area (Å²) >= 11 is 5.86. The highest BCUT2D eigenvalue weighted by atomic mass is 35.5. The van der Waals surface area contributed by atoms with Gasteiger partial charge in [0, 0.05) is 25.5 Å². The van der Waals surface area contributed by atoms with E-state index in [9.17, 15) is 4.79 Å². The molecule has 0 fully saturated rings. The summed E-state index contributed by atoms with van der Waals surface area (Å²) in [4.78, 5) is 15.6. The van der Waals surface area contributed by atoms with Crippen LogP contribution in [0.25, 0.3) is 0 Å². The topological polar surface area (TPSA) is 85.8 Å². The Bertz CT molecular complexity index is 566. The second kappa shape index (κ2) is 4.42. The van der Waals surface area contributed by atoms with E-state index in [4.69, 9.17) is 17.3 Å². The Labute approximate surface area is 102 Å². The quantitative estimate of drug-likeness (QED) is 0.842. The van der Waals surface area contributed by atoms with Gasteiger partial charge in [-0.25, -0.2) is 4.98 Å². The van der Waals surface area contributed by atoms with Gasteiger partial charge in [0.15, 0.2) is 5.82 Å². The van der Waals surface area contributed by atoms with Gasteiger partial charge in [0.05, 0.1) is 10.6 Å². The molecular weight excluding hydrogens is 242 g/mol. The number of carbonyl (C=O) groups excluding carboxylic acids is 1. The first kappa shape index (κ1) is 11.4. The molecule has 2 aromatic rings. The minimum Gasteiger partial charge on any atom is -0.384 e. The molecule has 0 bridgehead atoms. The van der Waals surface area contributed by atoms with Crippen LogP contribution in [0.1, 0.15) is 10.4 Å². The van der Waals surface area contributed by atoms with Crippen LogP contribution in [-0.4, -0.2) is 20.7 Å². The summed E-state index contributed by atoms with van der Waals surface area (Å²) in [5.74, 6) is 0.312. The number of anilines is 2. The summed E-state index contributed by atoms with van der Waals surface area (Å²) in [6.07, 6.45) is 3.06. The fraction of sp³-hybridized carbons (Fsp3) is 0.100. The van der Waals surface area contributed by atoms with E-state index in [1.807, 2.05) is 0 Å². The zero-order chi connectivity index (χ0) is 12.4.